The van der Waals surface area contributed by atoms with Gasteiger partial charge in [-0.3, -0.25) is 0 Å². The van der Waals surface area contributed by atoms with Crippen LogP contribution >= 0.6 is 27.3 Å². The van der Waals surface area contributed by atoms with Crippen molar-refractivity contribution in [3.05, 3.63) is 27.3 Å². The Labute approximate surface area is 124 Å². The van der Waals surface area contributed by atoms with E-state index in [0.717, 1.165) is 15.3 Å². The van der Waals surface area contributed by atoms with Gasteiger partial charge in [0.1, 0.15) is 10.8 Å². The van der Waals surface area contributed by atoms with Crippen LogP contribution in [0.5, 0.6) is 0 Å². The summed E-state index contributed by atoms with van der Waals surface area (Å²) in [5, 5.41) is 9.57. The quantitative estimate of drug-likeness (QED) is 0.874. The normalized spacial score (nSPS) is 16.1. The number of halogens is 1. The molecule has 0 unspecified atom stereocenters. The number of hydrogen-bond donors (Lipinski definition) is 2. The first-order valence-corrected chi connectivity index (χ1v) is 7.81. The molecule has 0 aliphatic heterocycles. The standard InChI is InChI=1S/C12H14BrN5S/c1-14-10-8(13)6-16-12(18-10)17-9(7-2-3-7)11-15-4-5-19-11/h4-7,9H,2-3H2,1H3,(H2,14,16,17,18)/t9-/m0/s1. The van der Waals surface area contributed by atoms with Crippen LogP contribution in [0.25, 0.3) is 0 Å². The highest BCUT2D eigenvalue weighted by Crippen LogP contribution is 2.43. The first-order chi connectivity index (χ1) is 9.28. The van der Waals surface area contributed by atoms with Gasteiger partial charge in [-0.05, 0) is 34.7 Å². The van der Waals surface area contributed by atoms with Gasteiger partial charge in [0.05, 0.1) is 10.5 Å². The summed E-state index contributed by atoms with van der Waals surface area (Å²) in [5.41, 5.74) is 0. The Balaban J connectivity index is 1.82. The Morgan fingerprint density at radius 2 is 2.26 bits per heavy atom. The van der Waals surface area contributed by atoms with Crippen LogP contribution in [0.4, 0.5) is 11.8 Å². The molecule has 3 rings (SSSR count). The van der Waals surface area contributed by atoms with Gasteiger partial charge in [-0.2, -0.15) is 4.98 Å². The molecule has 2 aromatic rings. The van der Waals surface area contributed by atoms with E-state index < -0.39 is 0 Å². The highest BCUT2D eigenvalue weighted by molar-refractivity contribution is 9.10. The zero-order chi connectivity index (χ0) is 13.2. The lowest BCUT2D eigenvalue weighted by atomic mass is 10.2. The Kier molecular flexibility index (Phi) is 3.65. The summed E-state index contributed by atoms with van der Waals surface area (Å²) >= 11 is 5.09. The number of rotatable bonds is 5. The summed E-state index contributed by atoms with van der Waals surface area (Å²) < 4.78 is 0.859. The predicted octanol–water partition coefficient (Wildman–Crippen LogP) is 3.30. The topological polar surface area (TPSA) is 62.7 Å². The second-order valence-electron chi connectivity index (χ2n) is 4.47. The van der Waals surface area contributed by atoms with Crippen molar-refractivity contribution in [2.45, 2.75) is 18.9 Å². The highest BCUT2D eigenvalue weighted by atomic mass is 79.9. The van der Waals surface area contributed by atoms with Crippen LogP contribution in [-0.2, 0) is 0 Å². The molecule has 19 heavy (non-hydrogen) atoms. The van der Waals surface area contributed by atoms with Crippen LogP contribution in [0.15, 0.2) is 22.2 Å². The molecule has 2 N–H and O–H groups in total. The van der Waals surface area contributed by atoms with Gasteiger partial charge in [0.25, 0.3) is 0 Å². The average molecular weight is 340 g/mol. The second kappa shape index (κ2) is 5.42. The number of nitrogens with zero attached hydrogens (tertiary/aromatic N) is 3. The summed E-state index contributed by atoms with van der Waals surface area (Å²) in [4.78, 5) is 13.2. The van der Waals surface area contributed by atoms with Crippen LogP contribution in [0.2, 0.25) is 0 Å². The summed E-state index contributed by atoms with van der Waals surface area (Å²) in [5.74, 6) is 2.07. The van der Waals surface area contributed by atoms with Gasteiger partial charge in [-0.25, -0.2) is 9.97 Å². The average Bonchev–Trinajstić information content (AvgIpc) is 3.12. The van der Waals surface area contributed by atoms with E-state index in [9.17, 15) is 0 Å². The zero-order valence-corrected chi connectivity index (χ0v) is 12.8. The van der Waals surface area contributed by atoms with Gasteiger partial charge in [0.2, 0.25) is 5.95 Å². The van der Waals surface area contributed by atoms with E-state index in [4.69, 9.17) is 0 Å². The maximum absolute atomic E-state index is 4.45. The molecule has 5 nitrogen and oxygen atoms in total. The lowest BCUT2D eigenvalue weighted by Gasteiger charge is -2.16. The van der Waals surface area contributed by atoms with Gasteiger partial charge >= 0.3 is 0 Å². The Hall–Kier alpha value is -1.21. The first kappa shape index (κ1) is 12.8. The van der Waals surface area contributed by atoms with Crippen LogP contribution < -0.4 is 10.6 Å². The van der Waals surface area contributed by atoms with Crippen LogP contribution in [0.3, 0.4) is 0 Å². The second-order valence-corrected chi connectivity index (χ2v) is 6.25. The van der Waals surface area contributed by atoms with Crippen molar-refractivity contribution in [1.29, 1.82) is 0 Å². The molecule has 0 spiro atoms. The molecular weight excluding hydrogens is 326 g/mol. The lowest BCUT2D eigenvalue weighted by Crippen LogP contribution is -2.15. The molecule has 0 bridgehead atoms. The summed E-state index contributed by atoms with van der Waals surface area (Å²) in [6, 6.07) is 0.228. The largest absolute Gasteiger partial charge is 0.372 e. The molecule has 100 valence electrons. The van der Waals surface area contributed by atoms with E-state index in [1.807, 2.05) is 18.6 Å². The van der Waals surface area contributed by atoms with E-state index in [-0.39, 0.29) is 6.04 Å². The van der Waals surface area contributed by atoms with Crippen LogP contribution in [-0.4, -0.2) is 22.0 Å². The third kappa shape index (κ3) is 2.87. The first-order valence-electron chi connectivity index (χ1n) is 6.14. The van der Waals surface area contributed by atoms with Crippen molar-refractivity contribution in [1.82, 2.24) is 15.0 Å². The Morgan fingerprint density at radius 3 is 2.89 bits per heavy atom. The number of hydrogen-bond acceptors (Lipinski definition) is 6. The number of anilines is 2. The minimum atomic E-state index is 0.228. The van der Waals surface area contributed by atoms with E-state index in [2.05, 4.69) is 41.5 Å². The maximum atomic E-state index is 4.45. The van der Waals surface area contributed by atoms with Crippen LogP contribution in [0.1, 0.15) is 23.9 Å². The molecule has 1 atom stereocenters. The van der Waals surface area contributed by atoms with Gasteiger partial charge in [-0.15, -0.1) is 11.3 Å². The third-order valence-electron chi connectivity index (χ3n) is 3.08. The molecule has 7 heteroatoms. The number of thiazole rings is 1. The van der Waals surface area contributed by atoms with Crippen molar-refractivity contribution in [3.8, 4) is 0 Å². The van der Waals surface area contributed by atoms with E-state index in [0.29, 0.717) is 11.9 Å². The smallest absolute Gasteiger partial charge is 0.225 e. The molecular formula is C12H14BrN5S. The molecule has 1 fully saturated rings. The SMILES string of the molecule is CNc1nc(N[C@H](c2nccs2)C2CC2)ncc1Br. The molecule has 0 aromatic carbocycles. The fourth-order valence-electron chi connectivity index (χ4n) is 1.95. The van der Waals surface area contributed by atoms with Crippen molar-refractivity contribution in [3.63, 3.8) is 0 Å². The molecule has 2 aromatic heterocycles. The minimum absolute atomic E-state index is 0.228. The van der Waals surface area contributed by atoms with E-state index in [1.54, 1.807) is 17.5 Å². The predicted molar refractivity (Wildman–Crippen MR) is 80.5 cm³/mol. The molecule has 0 radical (unpaired) electrons. The molecule has 1 aliphatic rings. The molecule has 1 saturated carbocycles. The highest BCUT2D eigenvalue weighted by Gasteiger charge is 2.34. The monoisotopic (exact) mass is 339 g/mol. The fourth-order valence-corrected chi connectivity index (χ4v) is 3.12. The minimum Gasteiger partial charge on any atom is -0.372 e. The number of aromatic nitrogens is 3. The Morgan fingerprint density at radius 1 is 1.42 bits per heavy atom. The van der Waals surface area contributed by atoms with Gasteiger partial charge < -0.3 is 10.6 Å². The summed E-state index contributed by atoms with van der Waals surface area (Å²) in [6.45, 7) is 0. The van der Waals surface area contributed by atoms with Crippen LogP contribution in [0, 0.1) is 5.92 Å². The van der Waals surface area contributed by atoms with E-state index >= 15 is 0 Å². The lowest BCUT2D eigenvalue weighted by molar-refractivity contribution is 0.666. The van der Waals surface area contributed by atoms with Gasteiger partial charge in [0, 0.05) is 24.8 Å². The summed E-state index contributed by atoms with van der Waals surface area (Å²) in [6.07, 6.45) is 6.09. The van der Waals surface area contributed by atoms with Crippen molar-refractivity contribution in [2.75, 3.05) is 17.7 Å². The zero-order valence-electron chi connectivity index (χ0n) is 10.4. The molecule has 2 heterocycles. The maximum Gasteiger partial charge on any atom is 0.225 e. The van der Waals surface area contributed by atoms with Crippen molar-refractivity contribution >= 4 is 39.0 Å². The fraction of sp³-hybridized carbons (Fsp3) is 0.417. The van der Waals surface area contributed by atoms with Gasteiger partial charge in [0.15, 0.2) is 0 Å². The molecule has 0 amide bonds. The Bertz CT molecular complexity index is 555. The third-order valence-corrected chi connectivity index (χ3v) is 4.52. The van der Waals surface area contributed by atoms with Crippen molar-refractivity contribution in [2.24, 2.45) is 5.92 Å². The van der Waals surface area contributed by atoms with Crippen molar-refractivity contribution < 1.29 is 0 Å². The number of nitrogens with one attached hydrogen (secondary N) is 2. The molecule has 0 saturated heterocycles. The summed E-state index contributed by atoms with van der Waals surface area (Å²) in [7, 11) is 1.84. The van der Waals surface area contributed by atoms with Gasteiger partial charge in [-0.1, -0.05) is 0 Å². The van der Waals surface area contributed by atoms with E-state index in [1.165, 1.54) is 12.8 Å². The molecule has 1 aliphatic carbocycles.